The van der Waals surface area contributed by atoms with Crippen molar-refractivity contribution in [2.45, 2.75) is 25.2 Å². The van der Waals surface area contributed by atoms with Crippen LogP contribution in [0.3, 0.4) is 0 Å². The number of thioether (sulfide) groups is 1. The van der Waals surface area contributed by atoms with Gasteiger partial charge in [-0.3, -0.25) is 4.79 Å². The number of Topliss-reactive ketones (excluding diaryl/α,β-unsaturated/α-hetero) is 1. The minimum Gasteiger partial charge on any atom is -0.423 e. The van der Waals surface area contributed by atoms with E-state index in [9.17, 15) is 9.82 Å². The van der Waals surface area contributed by atoms with Gasteiger partial charge in [0, 0.05) is 17.7 Å². The molecule has 118 valence electrons. The third-order valence-electron chi connectivity index (χ3n) is 3.93. The number of fused-ring (bicyclic) bond motifs is 1. The molecule has 0 saturated heterocycles. The van der Waals surface area contributed by atoms with E-state index < -0.39 is 7.12 Å². The molecule has 0 aliphatic carbocycles. The van der Waals surface area contributed by atoms with Gasteiger partial charge in [-0.1, -0.05) is 48.5 Å². The molecule has 2 aromatic rings. The maximum absolute atomic E-state index is 12.3. The van der Waals surface area contributed by atoms with Crippen LogP contribution >= 0.6 is 11.8 Å². The summed E-state index contributed by atoms with van der Waals surface area (Å²) in [7, 11) is -0.890. The molecule has 0 amide bonds. The summed E-state index contributed by atoms with van der Waals surface area (Å²) in [6.07, 6.45) is 1.41. The number of carbonyl (C=O) groups excluding carboxylic acids is 1. The van der Waals surface area contributed by atoms with Gasteiger partial charge in [0.25, 0.3) is 0 Å². The molecule has 1 heterocycles. The summed E-state index contributed by atoms with van der Waals surface area (Å²) in [4.78, 5) is 12.3. The van der Waals surface area contributed by atoms with Crippen molar-refractivity contribution in [2.75, 3.05) is 5.75 Å². The zero-order valence-electron chi connectivity index (χ0n) is 12.9. The highest BCUT2D eigenvalue weighted by Gasteiger charge is 2.27. The molecule has 0 atom stereocenters. The number of benzene rings is 2. The Morgan fingerprint density at radius 1 is 1.22 bits per heavy atom. The molecule has 0 saturated carbocycles. The van der Waals surface area contributed by atoms with Crippen LogP contribution in [-0.4, -0.2) is 23.7 Å². The lowest BCUT2D eigenvalue weighted by Crippen LogP contribution is -2.28. The number of hydrogen-bond acceptors (Lipinski definition) is 4. The largest absolute Gasteiger partial charge is 0.491 e. The monoisotopic (exact) mass is 326 g/mol. The first-order chi connectivity index (χ1) is 11.2. The fourth-order valence-electron chi connectivity index (χ4n) is 2.63. The van der Waals surface area contributed by atoms with E-state index in [4.69, 9.17) is 4.65 Å². The molecule has 3 nitrogen and oxygen atoms in total. The minimum atomic E-state index is -0.890. The van der Waals surface area contributed by atoms with Crippen LogP contribution in [0.2, 0.25) is 0 Å². The van der Waals surface area contributed by atoms with Gasteiger partial charge in [0.05, 0.1) is 6.61 Å². The summed E-state index contributed by atoms with van der Waals surface area (Å²) in [5, 5.41) is 9.71. The number of rotatable bonds is 7. The van der Waals surface area contributed by atoms with Crippen LogP contribution in [0.1, 0.15) is 34.3 Å². The number of carbonyl (C=O) groups is 1. The van der Waals surface area contributed by atoms with Crippen LogP contribution in [0.4, 0.5) is 0 Å². The first-order valence-corrected chi connectivity index (χ1v) is 8.97. The van der Waals surface area contributed by atoms with E-state index in [0.717, 1.165) is 29.0 Å². The predicted octanol–water partition coefficient (Wildman–Crippen LogP) is 2.80. The third kappa shape index (κ3) is 4.25. The van der Waals surface area contributed by atoms with Crippen molar-refractivity contribution in [1.82, 2.24) is 0 Å². The Kier molecular flexibility index (Phi) is 5.54. The van der Waals surface area contributed by atoms with E-state index in [1.807, 2.05) is 42.1 Å². The number of hydrogen-bond donors (Lipinski definition) is 1. The molecule has 23 heavy (non-hydrogen) atoms. The Bertz CT molecular complexity index is 675. The fraction of sp³-hybridized carbons (Fsp3) is 0.278. The average Bonchev–Trinajstić information content (AvgIpc) is 2.96. The van der Waals surface area contributed by atoms with Crippen molar-refractivity contribution in [3.63, 3.8) is 0 Å². The molecule has 0 radical (unpaired) electrons. The van der Waals surface area contributed by atoms with E-state index >= 15 is 0 Å². The minimum absolute atomic E-state index is 0.132. The lowest BCUT2D eigenvalue weighted by molar-refractivity contribution is 0.0982. The second kappa shape index (κ2) is 7.82. The van der Waals surface area contributed by atoms with Gasteiger partial charge < -0.3 is 9.68 Å². The summed E-state index contributed by atoms with van der Waals surface area (Å²) in [5.41, 5.74) is 3.68. The standard InChI is InChI=1S/C18H19BO3S/c20-18(7-4-10-23-13-14-5-2-1-3-6-14)15-8-9-16-12-22-19(21)17(16)11-15/h1-3,5-6,8-9,11,21H,4,7,10,12-13H2. The molecule has 0 unspecified atom stereocenters. The highest BCUT2D eigenvalue weighted by atomic mass is 32.2. The summed E-state index contributed by atoms with van der Waals surface area (Å²) in [5.74, 6) is 2.08. The molecule has 5 heteroatoms. The maximum atomic E-state index is 12.3. The molecule has 0 fully saturated rings. The van der Waals surface area contributed by atoms with Crippen LogP contribution < -0.4 is 5.46 Å². The van der Waals surface area contributed by atoms with E-state index in [1.165, 1.54) is 5.56 Å². The summed E-state index contributed by atoms with van der Waals surface area (Å²) in [6.45, 7) is 0.418. The maximum Gasteiger partial charge on any atom is 0.491 e. The van der Waals surface area contributed by atoms with Crippen molar-refractivity contribution >= 4 is 30.1 Å². The van der Waals surface area contributed by atoms with Gasteiger partial charge in [-0.05, 0) is 28.8 Å². The summed E-state index contributed by atoms with van der Waals surface area (Å²) < 4.78 is 5.15. The Morgan fingerprint density at radius 3 is 2.87 bits per heavy atom. The van der Waals surface area contributed by atoms with Crippen molar-refractivity contribution in [3.05, 3.63) is 65.2 Å². The lowest BCUT2D eigenvalue weighted by Gasteiger charge is -2.05. The van der Waals surface area contributed by atoms with Gasteiger partial charge in [0.1, 0.15) is 0 Å². The third-order valence-corrected chi connectivity index (χ3v) is 5.05. The van der Waals surface area contributed by atoms with Gasteiger partial charge >= 0.3 is 7.12 Å². The smallest absolute Gasteiger partial charge is 0.423 e. The van der Waals surface area contributed by atoms with E-state index in [1.54, 1.807) is 6.07 Å². The Hall–Kier alpha value is -1.56. The van der Waals surface area contributed by atoms with Crippen LogP contribution in [-0.2, 0) is 17.0 Å². The zero-order chi connectivity index (χ0) is 16.1. The van der Waals surface area contributed by atoms with Gasteiger partial charge in [0.2, 0.25) is 0 Å². The van der Waals surface area contributed by atoms with Gasteiger partial charge in [-0.25, -0.2) is 0 Å². The molecule has 1 N–H and O–H groups in total. The molecule has 1 aliphatic heterocycles. The lowest BCUT2D eigenvalue weighted by atomic mass is 9.78. The molecule has 1 aliphatic rings. The molecular weight excluding hydrogens is 307 g/mol. The molecule has 0 spiro atoms. The highest BCUT2D eigenvalue weighted by molar-refractivity contribution is 7.98. The average molecular weight is 326 g/mol. The van der Waals surface area contributed by atoms with Crippen LogP contribution in [0.15, 0.2) is 48.5 Å². The fourth-order valence-corrected chi connectivity index (χ4v) is 3.55. The highest BCUT2D eigenvalue weighted by Crippen LogP contribution is 2.16. The molecule has 3 rings (SSSR count). The van der Waals surface area contributed by atoms with Crippen LogP contribution in [0.5, 0.6) is 0 Å². The van der Waals surface area contributed by atoms with Gasteiger partial charge in [-0.15, -0.1) is 0 Å². The van der Waals surface area contributed by atoms with E-state index in [2.05, 4.69) is 12.1 Å². The molecule has 0 aromatic heterocycles. The Balaban J connectivity index is 1.44. The normalized spacial score (nSPS) is 13.2. The van der Waals surface area contributed by atoms with Gasteiger partial charge in [-0.2, -0.15) is 11.8 Å². The Morgan fingerprint density at radius 2 is 2.04 bits per heavy atom. The second-order valence-corrected chi connectivity index (χ2v) is 6.75. The van der Waals surface area contributed by atoms with Gasteiger partial charge in [0.15, 0.2) is 5.78 Å². The molecular formula is C18H19BO3S. The topological polar surface area (TPSA) is 46.5 Å². The van der Waals surface area contributed by atoms with Crippen LogP contribution in [0.25, 0.3) is 0 Å². The predicted molar refractivity (Wildman–Crippen MR) is 95.0 cm³/mol. The first-order valence-electron chi connectivity index (χ1n) is 7.81. The van der Waals surface area contributed by atoms with Crippen molar-refractivity contribution in [3.8, 4) is 0 Å². The Labute approximate surface area is 141 Å². The second-order valence-electron chi connectivity index (χ2n) is 5.64. The molecule has 2 aromatic carbocycles. The first kappa shape index (κ1) is 16.3. The summed E-state index contributed by atoms with van der Waals surface area (Å²) >= 11 is 1.85. The van der Waals surface area contributed by atoms with E-state index in [0.29, 0.717) is 18.6 Å². The van der Waals surface area contributed by atoms with Crippen molar-refractivity contribution in [2.24, 2.45) is 0 Å². The zero-order valence-corrected chi connectivity index (χ0v) is 13.7. The quantitative estimate of drug-likeness (QED) is 0.483. The number of ketones is 1. The SMILES string of the molecule is O=C(CCCSCc1ccccc1)c1ccc2c(c1)B(O)OC2. The summed E-state index contributed by atoms with van der Waals surface area (Å²) in [6, 6.07) is 15.8. The van der Waals surface area contributed by atoms with Crippen LogP contribution in [0, 0.1) is 0 Å². The molecule has 0 bridgehead atoms. The van der Waals surface area contributed by atoms with E-state index in [-0.39, 0.29) is 5.78 Å². The van der Waals surface area contributed by atoms with Crippen molar-refractivity contribution in [1.29, 1.82) is 0 Å². The van der Waals surface area contributed by atoms with Crippen molar-refractivity contribution < 1.29 is 14.5 Å².